The fourth-order valence-corrected chi connectivity index (χ4v) is 2.19. The van der Waals surface area contributed by atoms with E-state index >= 15 is 0 Å². The Morgan fingerprint density at radius 2 is 1.57 bits per heavy atom. The number of hydrogen-bond donors (Lipinski definition) is 0. The van der Waals surface area contributed by atoms with Crippen LogP contribution in [-0.2, 0) is 0 Å². The molecule has 0 N–H and O–H groups in total. The molecule has 0 saturated heterocycles. The van der Waals surface area contributed by atoms with Crippen LogP contribution in [0.4, 0.5) is 4.39 Å². The number of para-hydroxylation sites is 1. The molecule has 5 heteroatoms. The summed E-state index contributed by atoms with van der Waals surface area (Å²) in [6.45, 7) is 1.13. The number of nitrogens with zero attached hydrogens (tertiary/aromatic N) is 2. The Labute approximate surface area is 133 Å². The zero-order valence-corrected chi connectivity index (χ0v) is 12.6. The molecule has 0 spiro atoms. The molecule has 0 bridgehead atoms. The van der Waals surface area contributed by atoms with E-state index < -0.39 is 0 Å². The van der Waals surface area contributed by atoms with E-state index in [0.717, 1.165) is 23.7 Å². The van der Waals surface area contributed by atoms with Gasteiger partial charge in [0, 0.05) is 0 Å². The lowest BCUT2D eigenvalue weighted by atomic mass is 10.2. The Balaban J connectivity index is 1.42. The summed E-state index contributed by atoms with van der Waals surface area (Å²) >= 11 is 0. The van der Waals surface area contributed by atoms with E-state index in [0.29, 0.717) is 24.8 Å². The fourth-order valence-electron chi connectivity index (χ4n) is 2.19. The van der Waals surface area contributed by atoms with E-state index in [1.807, 2.05) is 24.3 Å². The number of hydrogen-bond acceptors (Lipinski definition) is 4. The van der Waals surface area contributed by atoms with Crippen molar-refractivity contribution in [1.29, 1.82) is 0 Å². The van der Waals surface area contributed by atoms with Crippen LogP contribution in [0.25, 0.3) is 10.9 Å². The van der Waals surface area contributed by atoms with Gasteiger partial charge in [0.25, 0.3) is 0 Å². The van der Waals surface area contributed by atoms with Gasteiger partial charge in [0.1, 0.15) is 17.9 Å². The van der Waals surface area contributed by atoms with Crippen LogP contribution in [0.1, 0.15) is 12.8 Å². The van der Waals surface area contributed by atoms with Gasteiger partial charge in [-0.2, -0.15) is 0 Å². The highest BCUT2D eigenvalue weighted by Crippen LogP contribution is 2.20. The molecule has 0 aliphatic rings. The Bertz CT molecular complexity index is 757. The minimum absolute atomic E-state index is 0.261. The van der Waals surface area contributed by atoms with Crippen LogP contribution in [0, 0.1) is 5.82 Å². The third-order valence-electron chi connectivity index (χ3n) is 3.37. The standard InChI is InChI=1S/C18H17FN2O2/c19-14-7-9-15(10-8-14)22-11-3-4-12-23-18-16-5-1-2-6-17(16)20-13-21-18/h1-2,5-10,13H,3-4,11-12H2. The van der Waals surface area contributed by atoms with Crippen LogP contribution in [0.2, 0.25) is 0 Å². The maximum Gasteiger partial charge on any atom is 0.224 e. The lowest BCUT2D eigenvalue weighted by molar-refractivity contribution is 0.262. The molecule has 2 aromatic carbocycles. The quantitative estimate of drug-likeness (QED) is 0.618. The Morgan fingerprint density at radius 3 is 2.39 bits per heavy atom. The summed E-state index contributed by atoms with van der Waals surface area (Å²) in [5, 5.41) is 0.914. The first-order valence-corrected chi connectivity index (χ1v) is 7.54. The topological polar surface area (TPSA) is 44.2 Å². The summed E-state index contributed by atoms with van der Waals surface area (Å²) in [4.78, 5) is 8.38. The smallest absolute Gasteiger partial charge is 0.224 e. The number of fused-ring (bicyclic) bond motifs is 1. The lowest BCUT2D eigenvalue weighted by Crippen LogP contribution is -2.04. The van der Waals surface area contributed by atoms with Crippen LogP contribution in [0.5, 0.6) is 11.6 Å². The average Bonchev–Trinajstić information content (AvgIpc) is 2.59. The van der Waals surface area contributed by atoms with Gasteiger partial charge in [-0.15, -0.1) is 0 Å². The molecule has 0 aliphatic heterocycles. The molecule has 1 aromatic heterocycles. The second-order valence-electron chi connectivity index (χ2n) is 5.05. The molecule has 0 aliphatic carbocycles. The van der Waals surface area contributed by atoms with E-state index in [4.69, 9.17) is 9.47 Å². The third-order valence-corrected chi connectivity index (χ3v) is 3.37. The van der Waals surface area contributed by atoms with Crippen LogP contribution in [-0.4, -0.2) is 23.2 Å². The van der Waals surface area contributed by atoms with Crippen LogP contribution in [0.3, 0.4) is 0 Å². The molecule has 0 radical (unpaired) electrons. The van der Waals surface area contributed by atoms with Crippen molar-refractivity contribution in [1.82, 2.24) is 9.97 Å². The number of aromatic nitrogens is 2. The number of halogens is 1. The monoisotopic (exact) mass is 312 g/mol. The zero-order valence-electron chi connectivity index (χ0n) is 12.6. The maximum absolute atomic E-state index is 12.8. The van der Waals surface area contributed by atoms with Crippen LogP contribution < -0.4 is 9.47 Å². The van der Waals surface area contributed by atoms with Gasteiger partial charge >= 0.3 is 0 Å². The minimum atomic E-state index is -0.261. The summed E-state index contributed by atoms with van der Waals surface area (Å²) < 4.78 is 24.0. The summed E-state index contributed by atoms with van der Waals surface area (Å²) in [5.41, 5.74) is 0.872. The van der Waals surface area contributed by atoms with E-state index in [1.165, 1.54) is 18.5 Å². The Hall–Kier alpha value is -2.69. The van der Waals surface area contributed by atoms with Gasteiger partial charge in [0.05, 0.1) is 24.1 Å². The van der Waals surface area contributed by atoms with Crippen molar-refractivity contribution >= 4 is 10.9 Å². The Kier molecular flexibility index (Phi) is 4.99. The fraction of sp³-hybridized carbons (Fsp3) is 0.222. The van der Waals surface area contributed by atoms with Gasteiger partial charge in [-0.1, -0.05) is 12.1 Å². The van der Waals surface area contributed by atoms with Gasteiger partial charge < -0.3 is 9.47 Å². The molecule has 3 rings (SSSR count). The molecule has 4 nitrogen and oxygen atoms in total. The van der Waals surface area contributed by atoms with Gasteiger partial charge in [-0.3, -0.25) is 0 Å². The largest absolute Gasteiger partial charge is 0.494 e. The van der Waals surface area contributed by atoms with Crippen molar-refractivity contribution in [2.45, 2.75) is 12.8 Å². The maximum atomic E-state index is 12.8. The van der Waals surface area contributed by atoms with Crippen molar-refractivity contribution in [2.75, 3.05) is 13.2 Å². The third kappa shape index (κ3) is 4.16. The highest BCUT2D eigenvalue weighted by Gasteiger charge is 2.03. The number of ether oxygens (including phenoxy) is 2. The Morgan fingerprint density at radius 1 is 0.826 bits per heavy atom. The molecule has 3 aromatic rings. The molecule has 0 atom stereocenters. The average molecular weight is 312 g/mol. The van der Waals surface area contributed by atoms with Crippen molar-refractivity contribution in [3.8, 4) is 11.6 Å². The molecule has 0 fully saturated rings. The van der Waals surface area contributed by atoms with E-state index in [1.54, 1.807) is 12.1 Å². The summed E-state index contributed by atoms with van der Waals surface area (Å²) in [5.74, 6) is 1.02. The first-order valence-electron chi connectivity index (χ1n) is 7.54. The van der Waals surface area contributed by atoms with Crippen molar-refractivity contribution in [2.24, 2.45) is 0 Å². The zero-order chi connectivity index (χ0) is 15.9. The number of unbranched alkanes of at least 4 members (excludes halogenated alkanes) is 1. The van der Waals surface area contributed by atoms with E-state index in [2.05, 4.69) is 9.97 Å². The molecule has 0 amide bonds. The molecule has 0 unspecified atom stereocenters. The molecule has 118 valence electrons. The first kappa shape index (κ1) is 15.2. The lowest BCUT2D eigenvalue weighted by Gasteiger charge is -2.08. The van der Waals surface area contributed by atoms with Gasteiger partial charge in [-0.25, -0.2) is 14.4 Å². The molecule has 1 heterocycles. The molecule has 23 heavy (non-hydrogen) atoms. The second-order valence-corrected chi connectivity index (χ2v) is 5.05. The van der Waals surface area contributed by atoms with E-state index in [9.17, 15) is 4.39 Å². The molecular formula is C18H17FN2O2. The summed E-state index contributed by atoms with van der Waals surface area (Å²) in [6, 6.07) is 13.8. The summed E-state index contributed by atoms with van der Waals surface area (Å²) in [6.07, 6.45) is 3.20. The van der Waals surface area contributed by atoms with Gasteiger partial charge in [0.15, 0.2) is 0 Å². The molecule has 0 saturated carbocycles. The second kappa shape index (κ2) is 7.54. The highest BCUT2D eigenvalue weighted by atomic mass is 19.1. The minimum Gasteiger partial charge on any atom is -0.494 e. The van der Waals surface area contributed by atoms with Gasteiger partial charge in [0.2, 0.25) is 5.88 Å². The van der Waals surface area contributed by atoms with Crippen molar-refractivity contribution in [3.63, 3.8) is 0 Å². The van der Waals surface area contributed by atoms with Crippen molar-refractivity contribution < 1.29 is 13.9 Å². The predicted molar refractivity (Wildman–Crippen MR) is 86.2 cm³/mol. The van der Waals surface area contributed by atoms with E-state index in [-0.39, 0.29) is 5.82 Å². The van der Waals surface area contributed by atoms with Crippen LogP contribution in [0.15, 0.2) is 54.9 Å². The predicted octanol–water partition coefficient (Wildman–Crippen LogP) is 4.01. The normalized spacial score (nSPS) is 10.7. The number of benzene rings is 2. The van der Waals surface area contributed by atoms with Crippen LogP contribution >= 0.6 is 0 Å². The van der Waals surface area contributed by atoms with Gasteiger partial charge in [-0.05, 0) is 49.2 Å². The molecular weight excluding hydrogens is 295 g/mol. The SMILES string of the molecule is Fc1ccc(OCCCCOc2ncnc3ccccc23)cc1. The first-order chi connectivity index (χ1) is 11.3. The van der Waals surface area contributed by atoms with Crippen molar-refractivity contribution in [3.05, 3.63) is 60.7 Å². The number of rotatable bonds is 7. The summed E-state index contributed by atoms with van der Waals surface area (Å²) in [7, 11) is 0. The highest BCUT2D eigenvalue weighted by molar-refractivity contribution is 5.82.